The van der Waals surface area contributed by atoms with E-state index in [4.69, 9.17) is 0 Å². The summed E-state index contributed by atoms with van der Waals surface area (Å²) < 4.78 is 0. The predicted molar refractivity (Wildman–Crippen MR) is 70.2 cm³/mol. The number of nitrogens with zero attached hydrogens (tertiary/aromatic N) is 1. The van der Waals surface area contributed by atoms with Crippen molar-refractivity contribution < 1.29 is 0 Å². The molecule has 15 heavy (non-hydrogen) atoms. The Morgan fingerprint density at radius 3 is 1.60 bits per heavy atom. The Bertz CT molecular complexity index is 151. The lowest BCUT2D eigenvalue weighted by atomic mass is 9.80. The minimum atomic E-state index is 0.361. The first kappa shape index (κ1) is 15.0. The monoisotopic (exact) mass is 213 g/mol. The van der Waals surface area contributed by atoms with Gasteiger partial charge in [0.05, 0.1) is 0 Å². The Morgan fingerprint density at radius 2 is 1.40 bits per heavy atom. The molecule has 1 aliphatic heterocycles. The fourth-order valence-electron chi connectivity index (χ4n) is 2.08. The van der Waals surface area contributed by atoms with Crippen molar-refractivity contribution in [3.8, 4) is 0 Å². The first-order valence-electron chi connectivity index (χ1n) is 6.46. The third-order valence-electron chi connectivity index (χ3n) is 3.36. The van der Waals surface area contributed by atoms with Gasteiger partial charge in [-0.3, -0.25) is 4.90 Å². The van der Waals surface area contributed by atoms with Crippen LogP contribution in [0.4, 0.5) is 0 Å². The molecule has 1 rings (SSSR count). The molecule has 1 fully saturated rings. The highest BCUT2D eigenvalue weighted by atomic mass is 15.2. The van der Waals surface area contributed by atoms with E-state index in [1.54, 1.807) is 0 Å². The molecule has 1 nitrogen and oxygen atoms in total. The Kier molecular flexibility index (Phi) is 5.32. The van der Waals surface area contributed by atoms with Gasteiger partial charge in [0.1, 0.15) is 0 Å². The van der Waals surface area contributed by atoms with Crippen molar-refractivity contribution in [2.24, 2.45) is 11.3 Å². The predicted octanol–water partition coefficient (Wildman–Crippen LogP) is 4.18. The van der Waals surface area contributed by atoms with Crippen LogP contribution in [0.5, 0.6) is 0 Å². The summed E-state index contributed by atoms with van der Waals surface area (Å²) in [7, 11) is 0. The van der Waals surface area contributed by atoms with Gasteiger partial charge >= 0.3 is 0 Å². The smallest absolute Gasteiger partial charge is 0.0125 e. The third kappa shape index (κ3) is 4.55. The zero-order chi connectivity index (χ0) is 12.3. The van der Waals surface area contributed by atoms with Crippen molar-refractivity contribution in [3.63, 3.8) is 0 Å². The molecule has 0 aliphatic carbocycles. The lowest BCUT2D eigenvalue weighted by Crippen LogP contribution is -2.40. The van der Waals surface area contributed by atoms with Gasteiger partial charge in [-0.15, -0.1) is 0 Å². The fraction of sp³-hybridized carbons (Fsp3) is 1.00. The van der Waals surface area contributed by atoms with Crippen LogP contribution in [0.15, 0.2) is 0 Å². The molecule has 0 saturated carbocycles. The van der Waals surface area contributed by atoms with Crippen molar-refractivity contribution in [2.45, 2.75) is 67.3 Å². The molecule has 0 bridgehead atoms. The van der Waals surface area contributed by atoms with Crippen LogP contribution in [-0.4, -0.2) is 23.5 Å². The first-order valence-corrected chi connectivity index (χ1v) is 6.46. The van der Waals surface area contributed by atoms with Gasteiger partial charge in [0.2, 0.25) is 0 Å². The highest BCUT2D eigenvalue weighted by Crippen LogP contribution is 2.35. The van der Waals surface area contributed by atoms with Gasteiger partial charge in [-0.25, -0.2) is 0 Å². The van der Waals surface area contributed by atoms with Gasteiger partial charge in [0.15, 0.2) is 0 Å². The van der Waals surface area contributed by atoms with Crippen molar-refractivity contribution in [1.29, 1.82) is 0 Å². The summed E-state index contributed by atoms with van der Waals surface area (Å²) in [4.78, 5) is 2.61. The summed E-state index contributed by atoms with van der Waals surface area (Å²) >= 11 is 0. The van der Waals surface area contributed by atoms with Crippen LogP contribution < -0.4 is 0 Å². The normalized spacial score (nSPS) is 23.6. The molecule has 1 heterocycles. The van der Waals surface area contributed by atoms with Crippen LogP contribution in [0, 0.1) is 11.3 Å². The molecule has 0 spiro atoms. The van der Waals surface area contributed by atoms with Gasteiger partial charge in [0.25, 0.3) is 0 Å². The van der Waals surface area contributed by atoms with Gasteiger partial charge in [-0.2, -0.15) is 0 Å². The molecule has 0 aromatic carbocycles. The van der Waals surface area contributed by atoms with E-state index < -0.39 is 0 Å². The number of rotatable bonds is 0. The zero-order valence-electron chi connectivity index (χ0n) is 12.1. The second-order valence-electron chi connectivity index (χ2n) is 6.47. The van der Waals surface area contributed by atoms with Crippen molar-refractivity contribution in [2.75, 3.05) is 13.1 Å². The van der Waals surface area contributed by atoms with E-state index in [1.165, 1.54) is 19.5 Å². The van der Waals surface area contributed by atoms with Crippen LogP contribution in [0.2, 0.25) is 0 Å². The Balaban J connectivity index is 0.000000921. The summed E-state index contributed by atoms with van der Waals surface area (Å²) in [6, 6.07) is 0. The molecule has 1 heteroatoms. The zero-order valence-corrected chi connectivity index (χ0v) is 12.1. The number of hydrogen-bond donors (Lipinski definition) is 0. The van der Waals surface area contributed by atoms with Crippen LogP contribution >= 0.6 is 0 Å². The number of likely N-dealkylation sites (tertiary alicyclic amines) is 1. The molecule has 0 N–H and O–H groups in total. The molecule has 0 radical (unpaired) electrons. The van der Waals surface area contributed by atoms with Crippen LogP contribution in [0.1, 0.15) is 61.8 Å². The highest BCUT2D eigenvalue weighted by Gasteiger charge is 2.35. The first-order chi connectivity index (χ1) is 6.71. The fourth-order valence-corrected chi connectivity index (χ4v) is 2.08. The molecule has 0 aromatic heterocycles. The second-order valence-corrected chi connectivity index (χ2v) is 6.47. The molecular weight excluding hydrogens is 182 g/mol. The minimum absolute atomic E-state index is 0.361. The molecule has 1 saturated heterocycles. The van der Waals surface area contributed by atoms with E-state index in [0.29, 0.717) is 11.0 Å². The quantitative estimate of drug-likeness (QED) is 0.583. The van der Waals surface area contributed by atoms with Gasteiger partial charge < -0.3 is 0 Å². The summed E-state index contributed by atoms with van der Waals surface area (Å²) in [6.45, 7) is 20.6. The van der Waals surface area contributed by atoms with Crippen LogP contribution in [0.25, 0.3) is 0 Å². The Morgan fingerprint density at radius 1 is 0.933 bits per heavy atom. The Labute approximate surface area is 97.2 Å². The van der Waals surface area contributed by atoms with E-state index in [-0.39, 0.29) is 0 Å². The molecule has 92 valence electrons. The second kappa shape index (κ2) is 5.34. The molecule has 1 unspecified atom stereocenters. The van der Waals surface area contributed by atoms with E-state index in [1.807, 2.05) is 13.8 Å². The standard InChI is InChI=1S/C12H25N.C2H6/c1-11(2,3)10-7-8-13(9-10)12(4,5)6;1-2/h10H,7-9H2,1-6H3;1-2H3. The summed E-state index contributed by atoms with van der Waals surface area (Å²) in [5, 5.41) is 0. The topological polar surface area (TPSA) is 3.24 Å². The largest absolute Gasteiger partial charge is 0.298 e. The van der Waals surface area contributed by atoms with Crippen LogP contribution in [-0.2, 0) is 0 Å². The average molecular weight is 213 g/mol. The Hall–Kier alpha value is -0.0400. The maximum atomic E-state index is 2.61. The lowest BCUT2D eigenvalue weighted by Gasteiger charge is -2.33. The van der Waals surface area contributed by atoms with E-state index >= 15 is 0 Å². The van der Waals surface area contributed by atoms with E-state index in [9.17, 15) is 0 Å². The molecule has 1 atom stereocenters. The highest BCUT2D eigenvalue weighted by molar-refractivity contribution is 4.89. The molecular formula is C14H31N. The summed E-state index contributed by atoms with van der Waals surface area (Å²) in [6.07, 6.45) is 1.38. The van der Waals surface area contributed by atoms with Gasteiger partial charge in [-0.05, 0) is 45.1 Å². The lowest BCUT2D eigenvalue weighted by molar-refractivity contribution is 0.148. The van der Waals surface area contributed by atoms with E-state index in [2.05, 4.69) is 46.4 Å². The maximum absolute atomic E-state index is 2.61. The number of hydrogen-bond acceptors (Lipinski definition) is 1. The molecule has 0 amide bonds. The van der Waals surface area contributed by atoms with Crippen molar-refractivity contribution in [3.05, 3.63) is 0 Å². The van der Waals surface area contributed by atoms with Crippen molar-refractivity contribution in [1.82, 2.24) is 4.90 Å². The molecule has 1 aliphatic rings. The van der Waals surface area contributed by atoms with E-state index in [0.717, 1.165) is 5.92 Å². The van der Waals surface area contributed by atoms with Crippen LogP contribution in [0.3, 0.4) is 0 Å². The van der Waals surface area contributed by atoms with Crippen molar-refractivity contribution >= 4 is 0 Å². The van der Waals surface area contributed by atoms with Gasteiger partial charge in [0, 0.05) is 12.1 Å². The minimum Gasteiger partial charge on any atom is -0.298 e. The molecule has 0 aromatic rings. The summed E-state index contributed by atoms with van der Waals surface area (Å²) in [5.41, 5.74) is 0.847. The average Bonchev–Trinajstić information content (AvgIpc) is 2.53. The SMILES string of the molecule is CC.CC(C)(C)C1CCN(C(C)(C)C)C1. The summed E-state index contributed by atoms with van der Waals surface area (Å²) in [5.74, 6) is 0.881. The maximum Gasteiger partial charge on any atom is 0.0125 e. The van der Waals surface area contributed by atoms with Gasteiger partial charge in [-0.1, -0.05) is 34.6 Å². The third-order valence-corrected chi connectivity index (χ3v) is 3.36.